The van der Waals surface area contributed by atoms with Gasteiger partial charge in [0, 0.05) is 29.9 Å². The number of aromatic nitrogens is 2. The molecule has 0 aliphatic heterocycles. The van der Waals surface area contributed by atoms with Crippen molar-refractivity contribution < 1.29 is 19.1 Å². The number of nitrogens with zero attached hydrogens (tertiary/aromatic N) is 2. The van der Waals surface area contributed by atoms with Gasteiger partial charge in [-0.2, -0.15) is 0 Å². The molecule has 3 aromatic carbocycles. The van der Waals surface area contributed by atoms with E-state index in [1.807, 2.05) is 72.8 Å². The van der Waals surface area contributed by atoms with E-state index in [1.54, 1.807) is 24.5 Å². The summed E-state index contributed by atoms with van der Waals surface area (Å²) in [7, 11) is 1.31. The molecule has 0 spiro atoms. The topological polar surface area (TPSA) is 90.4 Å². The second kappa shape index (κ2) is 11.6. The summed E-state index contributed by atoms with van der Waals surface area (Å²) in [5.41, 5.74) is 4.03. The van der Waals surface area contributed by atoms with Gasteiger partial charge in [-0.3, -0.25) is 4.79 Å². The van der Waals surface area contributed by atoms with E-state index in [1.165, 1.54) is 7.11 Å². The molecule has 176 valence electrons. The average molecular weight is 468 g/mol. The molecule has 1 heterocycles. The molecule has 4 rings (SSSR count). The number of ether oxygens (including phenoxy) is 2. The molecule has 35 heavy (non-hydrogen) atoms. The third kappa shape index (κ3) is 6.51. The minimum atomic E-state index is -0.786. The van der Waals surface area contributed by atoms with Crippen molar-refractivity contribution in [2.75, 3.05) is 7.11 Å². The molecule has 1 N–H and O–H groups in total. The minimum Gasteiger partial charge on any atom is -0.467 e. The van der Waals surface area contributed by atoms with Crippen LogP contribution in [0.4, 0.5) is 0 Å². The van der Waals surface area contributed by atoms with E-state index >= 15 is 0 Å². The average Bonchev–Trinajstić information content (AvgIpc) is 2.92. The summed E-state index contributed by atoms with van der Waals surface area (Å²) in [5.74, 6) is -0.852. The predicted octanol–water partition coefficient (Wildman–Crippen LogP) is 4.24. The van der Waals surface area contributed by atoms with Crippen LogP contribution >= 0.6 is 0 Å². The van der Waals surface area contributed by atoms with E-state index in [2.05, 4.69) is 15.3 Å². The number of benzene rings is 3. The van der Waals surface area contributed by atoms with Gasteiger partial charge in [0.1, 0.15) is 12.6 Å². The summed E-state index contributed by atoms with van der Waals surface area (Å²) in [6.07, 6.45) is 3.69. The third-order valence-electron chi connectivity index (χ3n) is 5.39. The van der Waals surface area contributed by atoms with Crippen molar-refractivity contribution in [3.8, 4) is 17.1 Å². The molecule has 7 heteroatoms. The normalized spacial score (nSPS) is 11.3. The van der Waals surface area contributed by atoms with Crippen molar-refractivity contribution in [3.63, 3.8) is 0 Å². The zero-order chi connectivity index (χ0) is 24.5. The minimum absolute atomic E-state index is 0.292. The maximum absolute atomic E-state index is 12.8. The Morgan fingerprint density at radius 3 is 2.00 bits per heavy atom. The van der Waals surface area contributed by atoms with Crippen molar-refractivity contribution in [1.82, 2.24) is 15.3 Å². The number of esters is 1. The molecule has 1 amide bonds. The van der Waals surface area contributed by atoms with Crippen LogP contribution in [0.5, 0.6) is 6.01 Å². The van der Waals surface area contributed by atoms with Gasteiger partial charge in [-0.1, -0.05) is 72.8 Å². The Hall–Kier alpha value is -4.52. The molecule has 0 aliphatic carbocycles. The molecule has 1 aromatic heterocycles. The molecular formula is C28H25N3O4. The Labute approximate surface area is 203 Å². The van der Waals surface area contributed by atoms with E-state index in [4.69, 9.17) is 9.47 Å². The highest BCUT2D eigenvalue weighted by molar-refractivity contribution is 5.97. The molecule has 1 unspecified atom stereocenters. The monoisotopic (exact) mass is 467 g/mol. The van der Waals surface area contributed by atoms with Gasteiger partial charge in [0.15, 0.2) is 0 Å². The van der Waals surface area contributed by atoms with Gasteiger partial charge in [0.2, 0.25) is 0 Å². The van der Waals surface area contributed by atoms with Gasteiger partial charge in [-0.15, -0.1) is 0 Å². The first kappa shape index (κ1) is 23.6. The van der Waals surface area contributed by atoms with E-state index in [-0.39, 0.29) is 5.91 Å². The standard InChI is InChI=1S/C28H25N3O4/c1-34-27(33)25(16-20-8-4-2-5-9-20)31-26(32)23-14-12-22(13-15-23)24-17-29-28(30-18-24)35-19-21-10-6-3-7-11-21/h2-15,17-18,25H,16,19H2,1H3,(H,31,32). The van der Waals surface area contributed by atoms with Crippen LogP contribution in [0.3, 0.4) is 0 Å². The highest BCUT2D eigenvalue weighted by Gasteiger charge is 2.22. The summed E-state index contributed by atoms with van der Waals surface area (Å²) >= 11 is 0. The van der Waals surface area contributed by atoms with Gasteiger partial charge in [-0.05, 0) is 28.8 Å². The fraction of sp³-hybridized carbons (Fsp3) is 0.143. The molecule has 0 aliphatic rings. The Morgan fingerprint density at radius 1 is 0.800 bits per heavy atom. The first-order chi connectivity index (χ1) is 17.1. The van der Waals surface area contributed by atoms with Gasteiger partial charge >= 0.3 is 12.0 Å². The van der Waals surface area contributed by atoms with Crippen LogP contribution in [0.15, 0.2) is 97.3 Å². The molecule has 0 saturated heterocycles. The molecule has 0 bridgehead atoms. The Kier molecular flexibility index (Phi) is 7.81. The third-order valence-corrected chi connectivity index (χ3v) is 5.39. The van der Waals surface area contributed by atoms with Gasteiger partial charge < -0.3 is 14.8 Å². The van der Waals surface area contributed by atoms with Crippen LogP contribution in [0.2, 0.25) is 0 Å². The maximum Gasteiger partial charge on any atom is 0.328 e. The maximum atomic E-state index is 12.8. The Balaban J connectivity index is 1.38. The van der Waals surface area contributed by atoms with E-state index in [0.29, 0.717) is 24.6 Å². The number of carbonyl (C=O) groups is 2. The summed E-state index contributed by atoms with van der Waals surface area (Å²) in [5, 5.41) is 2.77. The number of nitrogens with one attached hydrogen (secondary N) is 1. The molecule has 0 radical (unpaired) electrons. The summed E-state index contributed by atoms with van der Waals surface area (Å²) in [6, 6.07) is 25.8. The summed E-state index contributed by atoms with van der Waals surface area (Å²) in [4.78, 5) is 33.5. The smallest absolute Gasteiger partial charge is 0.328 e. The summed E-state index contributed by atoms with van der Waals surface area (Å²) < 4.78 is 10.5. The number of rotatable bonds is 9. The van der Waals surface area contributed by atoms with Crippen LogP contribution in [0, 0.1) is 0 Å². The molecule has 7 nitrogen and oxygen atoms in total. The molecule has 1 atom stereocenters. The quantitative estimate of drug-likeness (QED) is 0.371. The van der Waals surface area contributed by atoms with Crippen molar-refractivity contribution in [2.45, 2.75) is 19.1 Å². The molecule has 0 saturated carbocycles. The number of hydrogen-bond acceptors (Lipinski definition) is 6. The molecule has 4 aromatic rings. The van der Waals surface area contributed by atoms with E-state index in [0.717, 1.165) is 22.3 Å². The first-order valence-electron chi connectivity index (χ1n) is 11.1. The van der Waals surface area contributed by atoms with Crippen LogP contribution in [0.1, 0.15) is 21.5 Å². The second-order valence-electron chi connectivity index (χ2n) is 7.84. The van der Waals surface area contributed by atoms with Crippen molar-refractivity contribution in [3.05, 3.63) is 114 Å². The largest absolute Gasteiger partial charge is 0.467 e. The Bertz CT molecular complexity index is 1250. The highest BCUT2D eigenvalue weighted by atomic mass is 16.5. The zero-order valence-corrected chi connectivity index (χ0v) is 19.3. The number of amides is 1. The predicted molar refractivity (Wildman–Crippen MR) is 132 cm³/mol. The van der Waals surface area contributed by atoms with E-state index < -0.39 is 12.0 Å². The van der Waals surface area contributed by atoms with Gasteiger partial charge in [-0.25, -0.2) is 14.8 Å². The lowest BCUT2D eigenvalue weighted by atomic mass is 10.0. The van der Waals surface area contributed by atoms with Crippen molar-refractivity contribution in [2.24, 2.45) is 0 Å². The van der Waals surface area contributed by atoms with Crippen LogP contribution < -0.4 is 10.1 Å². The van der Waals surface area contributed by atoms with Crippen molar-refractivity contribution in [1.29, 1.82) is 0 Å². The fourth-order valence-electron chi connectivity index (χ4n) is 3.50. The number of hydrogen-bond donors (Lipinski definition) is 1. The number of methoxy groups -OCH3 is 1. The lowest BCUT2D eigenvalue weighted by molar-refractivity contribution is -0.142. The van der Waals surface area contributed by atoms with Crippen LogP contribution in [-0.4, -0.2) is 35.0 Å². The Morgan fingerprint density at radius 2 is 1.40 bits per heavy atom. The molecule has 0 fully saturated rings. The van der Waals surface area contributed by atoms with Gasteiger partial charge in [0.25, 0.3) is 5.91 Å². The SMILES string of the molecule is COC(=O)C(Cc1ccccc1)NC(=O)c1ccc(-c2cnc(OCc3ccccc3)nc2)cc1. The lowest BCUT2D eigenvalue weighted by Crippen LogP contribution is -2.43. The molecular weight excluding hydrogens is 442 g/mol. The summed E-state index contributed by atoms with van der Waals surface area (Å²) in [6.45, 7) is 0.390. The van der Waals surface area contributed by atoms with Crippen LogP contribution in [-0.2, 0) is 22.6 Å². The second-order valence-corrected chi connectivity index (χ2v) is 7.84. The van der Waals surface area contributed by atoms with Crippen LogP contribution in [0.25, 0.3) is 11.1 Å². The number of carbonyl (C=O) groups excluding carboxylic acids is 2. The fourth-order valence-corrected chi connectivity index (χ4v) is 3.50. The van der Waals surface area contributed by atoms with Crippen molar-refractivity contribution >= 4 is 11.9 Å². The zero-order valence-electron chi connectivity index (χ0n) is 19.3. The lowest BCUT2D eigenvalue weighted by Gasteiger charge is -2.17. The van der Waals surface area contributed by atoms with Gasteiger partial charge in [0.05, 0.1) is 7.11 Å². The first-order valence-corrected chi connectivity index (χ1v) is 11.1. The highest BCUT2D eigenvalue weighted by Crippen LogP contribution is 2.20. The van der Waals surface area contributed by atoms with E-state index in [9.17, 15) is 9.59 Å².